The summed E-state index contributed by atoms with van der Waals surface area (Å²) in [5, 5.41) is 11.6. The van der Waals surface area contributed by atoms with Gasteiger partial charge in [0, 0.05) is 24.2 Å². The summed E-state index contributed by atoms with van der Waals surface area (Å²) >= 11 is 0. The van der Waals surface area contributed by atoms with Gasteiger partial charge in [0.05, 0.1) is 0 Å². The lowest BCUT2D eigenvalue weighted by atomic mass is 10.1. The van der Waals surface area contributed by atoms with Crippen molar-refractivity contribution in [2.45, 2.75) is 25.7 Å². The van der Waals surface area contributed by atoms with Gasteiger partial charge in [-0.1, -0.05) is 30.1 Å². The fraction of sp³-hybridized carbons (Fsp3) is 0.429. The molecule has 5 nitrogen and oxygen atoms in total. The molecule has 1 aromatic carbocycles. The largest absolute Gasteiger partial charge is 0.409 e. The van der Waals surface area contributed by atoms with Crippen molar-refractivity contribution in [2.75, 3.05) is 13.1 Å². The molecule has 0 bridgehead atoms. The number of hydrogen-bond acceptors (Lipinski definition) is 3. The molecule has 1 fully saturated rings. The molecule has 2 rings (SSSR count). The van der Waals surface area contributed by atoms with E-state index in [1.165, 1.54) is 12.8 Å². The zero-order valence-corrected chi connectivity index (χ0v) is 10.9. The van der Waals surface area contributed by atoms with Crippen LogP contribution in [-0.4, -0.2) is 34.9 Å². The van der Waals surface area contributed by atoms with E-state index in [9.17, 15) is 4.79 Å². The van der Waals surface area contributed by atoms with Crippen molar-refractivity contribution in [1.29, 1.82) is 0 Å². The number of nitrogens with two attached hydrogens (primary N) is 1. The second-order valence-corrected chi connectivity index (χ2v) is 4.77. The summed E-state index contributed by atoms with van der Waals surface area (Å²) in [5.74, 6) is 0.0417. The predicted molar refractivity (Wildman–Crippen MR) is 73.3 cm³/mol. The van der Waals surface area contributed by atoms with Gasteiger partial charge in [-0.3, -0.25) is 4.79 Å². The van der Waals surface area contributed by atoms with Crippen LogP contribution < -0.4 is 5.73 Å². The van der Waals surface area contributed by atoms with E-state index in [0.717, 1.165) is 25.9 Å². The van der Waals surface area contributed by atoms with Crippen molar-refractivity contribution >= 4 is 11.7 Å². The first-order valence-electron chi connectivity index (χ1n) is 6.59. The maximum Gasteiger partial charge on any atom is 0.253 e. The first kappa shape index (κ1) is 13.4. The number of amidine groups is 1. The molecular formula is C14H19N3O2. The van der Waals surface area contributed by atoms with Crippen LogP contribution in [0, 0.1) is 0 Å². The smallest absolute Gasteiger partial charge is 0.253 e. The lowest BCUT2D eigenvalue weighted by Crippen LogP contribution is -2.32. The van der Waals surface area contributed by atoms with Gasteiger partial charge in [0.25, 0.3) is 5.91 Å². The van der Waals surface area contributed by atoms with E-state index in [-0.39, 0.29) is 11.7 Å². The minimum absolute atomic E-state index is 0.0190. The molecule has 1 saturated heterocycles. The monoisotopic (exact) mass is 261 g/mol. The Morgan fingerprint density at radius 2 is 1.79 bits per heavy atom. The van der Waals surface area contributed by atoms with E-state index in [1.807, 2.05) is 4.90 Å². The molecule has 0 aromatic heterocycles. The Morgan fingerprint density at radius 1 is 1.16 bits per heavy atom. The molecule has 19 heavy (non-hydrogen) atoms. The molecule has 0 atom stereocenters. The van der Waals surface area contributed by atoms with Gasteiger partial charge in [0.15, 0.2) is 5.84 Å². The highest BCUT2D eigenvalue weighted by molar-refractivity contribution is 6.01. The van der Waals surface area contributed by atoms with Crippen LogP contribution in [0.25, 0.3) is 0 Å². The topological polar surface area (TPSA) is 78.9 Å². The van der Waals surface area contributed by atoms with Crippen molar-refractivity contribution in [3.05, 3.63) is 35.4 Å². The van der Waals surface area contributed by atoms with Crippen LogP contribution in [0.15, 0.2) is 29.4 Å². The van der Waals surface area contributed by atoms with E-state index in [1.54, 1.807) is 24.3 Å². The zero-order valence-electron chi connectivity index (χ0n) is 10.9. The second-order valence-electron chi connectivity index (χ2n) is 4.77. The summed E-state index contributed by atoms with van der Waals surface area (Å²) in [6, 6.07) is 6.90. The van der Waals surface area contributed by atoms with Crippen LogP contribution in [0.5, 0.6) is 0 Å². The summed E-state index contributed by atoms with van der Waals surface area (Å²) in [4.78, 5) is 14.3. The molecule has 0 unspecified atom stereocenters. The highest BCUT2D eigenvalue weighted by atomic mass is 16.4. The van der Waals surface area contributed by atoms with Crippen LogP contribution in [0.3, 0.4) is 0 Å². The number of carbonyl (C=O) groups is 1. The van der Waals surface area contributed by atoms with Crippen LogP contribution in [0.4, 0.5) is 0 Å². The molecule has 0 aliphatic carbocycles. The van der Waals surface area contributed by atoms with E-state index in [0.29, 0.717) is 11.1 Å². The number of nitrogens with zero attached hydrogens (tertiary/aromatic N) is 2. The van der Waals surface area contributed by atoms with Gasteiger partial charge in [-0.2, -0.15) is 0 Å². The molecule has 1 aliphatic rings. The van der Waals surface area contributed by atoms with Crippen LogP contribution in [-0.2, 0) is 0 Å². The van der Waals surface area contributed by atoms with Crippen molar-refractivity contribution in [3.63, 3.8) is 0 Å². The minimum atomic E-state index is 0.0190. The standard InChI is InChI=1S/C14H19N3O2/c15-13(16-19)11-6-5-7-12(10-11)14(18)17-8-3-1-2-4-9-17/h5-7,10,19H,1-4,8-9H2,(H2,15,16). The van der Waals surface area contributed by atoms with Crippen LogP contribution in [0.2, 0.25) is 0 Å². The van der Waals surface area contributed by atoms with Gasteiger partial charge in [-0.05, 0) is 25.0 Å². The van der Waals surface area contributed by atoms with E-state index >= 15 is 0 Å². The average Bonchev–Trinajstić information content (AvgIpc) is 2.75. The van der Waals surface area contributed by atoms with Gasteiger partial charge in [0.2, 0.25) is 0 Å². The normalized spacial score (nSPS) is 17.1. The highest BCUT2D eigenvalue weighted by Crippen LogP contribution is 2.14. The first-order chi connectivity index (χ1) is 9.22. The lowest BCUT2D eigenvalue weighted by molar-refractivity contribution is 0.0761. The molecule has 3 N–H and O–H groups in total. The van der Waals surface area contributed by atoms with Crippen LogP contribution >= 0.6 is 0 Å². The Kier molecular flexibility index (Phi) is 4.39. The number of carbonyl (C=O) groups excluding carboxylic acids is 1. The van der Waals surface area contributed by atoms with E-state index in [4.69, 9.17) is 10.9 Å². The average molecular weight is 261 g/mol. The lowest BCUT2D eigenvalue weighted by Gasteiger charge is -2.20. The van der Waals surface area contributed by atoms with Crippen molar-refractivity contribution in [3.8, 4) is 0 Å². The SMILES string of the molecule is N/C(=N\O)c1cccc(C(=O)N2CCCCCC2)c1. The third-order valence-electron chi connectivity index (χ3n) is 3.41. The summed E-state index contributed by atoms with van der Waals surface area (Å²) in [5.41, 5.74) is 6.69. The molecule has 0 spiro atoms. The van der Waals surface area contributed by atoms with Crippen LogP contribution in [0.1, 0.15) is 41.6 Å². The molecule has 5 heteroatoms. The summed E-state index contributed by atoms with van der Waals surface area (Å²) in [6.07, 6.45) is 4.50. The van der Waals surface area contributed by atoms with Gasteiger partial charge < -0.3 is 15.8 Å². The fourth-order valence-electron chi connectivity index (χ4n) is 2.33. The van der Waals surface area contributed by atoms with Gasteiger partial charge in [0.1, 0.15) is 0 Å². The van der Waals surface area contributed by atoms with E-state index in [2.05, 4.69) is 5.16 Å². The highest BCUT2D eigenvalue weighted by Gasteiger charge is 2.17. The number of amides is 1. The molecule has 1 amide bonds. The fourth-order valence-corrected chi connectivity index (χ4v) is 2.33. The Balaban J connectivity index is 2.18. The third-order valence-corrected chi connectivity index (χ3v) is 3.41. The molecule has 1 aromatic rings. The number of rotatable bonds is 2. The summed E-state index contributed by atoms with van der Waals surface area (Å²) in [6.45, 7) is 1.62. The summed E-state index contributed by atoms with van der Waals surface area (Å²) < 4.78 is 0. The molecule has 0 saturated carbocycles. The Bertz CT molecular complexity index is 477. The molecule has 1 aliphatic heterocycles. The molecule has 0 radical (unpaired) electrons. The minimum Gasteiger partial charge on any atom is -0.409 e. The molecule has 102 valence electrons. The van der Waals surface area contributed by atoms with Gasteiger partial charge in [-0.25, -0.2) is 0 Å². The maximum absolute atomic E-state index is 12.4. The van der Waals surface area contributed by atoms with Gasteiger partial charge in [-0.15, -0.1) is 0 Å². The quantitative estimate of drug-likeness (QED) is 0.369. The zero-order chi connectivity index (χ0) is 13.7. The first-order valence-corrected chi connectivity index (χ1v) is 6.59. The second kappa shape index (κ2) is 6.22. The molecule has 1 heterocycles. The number of likely N-dealkylation sites (tertiary alicyclic amines) is 1. The van der Waals surface area contributed by atoms with Crippen molar-refractivity contribution in [1.82, 2.24) is 4.90 Å². The van der Waals surface area contributed by atoms with Gasteiger partial charge >= 0.3 is 0 Å². The number of oxime groups is 1. The third kappa shape index (κ3) is 3.24. The number of hydrogen-bond donors (Lipinski definition) is 2. The summed E-state index contributed by atoms with van der Waals surface area (Å²) in [7, 11) is 0. The predicted octanol–water partition coefficient (Wildman–Crippen LogP) is 1.80. The van der Waals surface area contributed by atoms with E-state index < -0.39 is 0 Å². The maximum atomic E-state index is 12.4. The Labute approximate surface area is 112 Å². The van der Waals surface area contributed by atoms with Crippen molar-refractivity contribution < 1.29 is 10.0 Å². The Hall–Kier alpha value is -2.04. The number of benzene rings is 1. The Morgan fingerprint density at radius 3 is 2.42 bits per heavy atom. The molecular weight excluding hydrogens is 242 g/mol. The van der Waals surface area contributed by atoms with Crippen molar-refractivity contribution in [2.24, 2.45) is 10.9 Å².